The minimum Gasteiger partial charge on any atom is -0.337 e. The molecule has 7 rings (SSSR count). The van der Waals surface area contributed by atoms with E-state index in [9.17, 15) is 0 Å². The van der Waals surface area contributed by atoms with E-state index in [4.69, 9.17) is 4.98 Å². The van der Waals surface area contributed by atoms with Crippen LogP contribution in [0.25, 0.3) is 55.2 Å². The molecule has 9 heteroatoms. The van der Waals surface area contributed by atoms with Crippen LogP contribution in [0.5, 0.6) is 0 Å². The minimum atomic E-state index is -0.381. The van der Waals surface area contributed by atoms with Crippen molar-refractivity contribution in [1.82, 2.24) is 35.0 Å². The van der Waals surface area contributed by atoms with Crippen molar-refractivity contribution in [2.75, 3.05) is 13.1 Å². The highest BCUT2D eigenvalue weighted by molar-refractivity contribution is 7.13. The second-order valence-electron chi connectivity index (χ2n) is 9.49. The number of halogens is 1. The van der Waals surface area contributed by atoms with Crippen LogP contribution in [-0.2, 0) is 6.54 Å². The predicted molar refractivity (Wildman–Crippen MR) is 145 cm³/mol. The SMILES string of the molecule is Fc1cc(-c2cncc(CN3CCCCC3)c2)cc2c(-c3nc4c(-c5cccs5)nccc4[nH]3)[nH]nc12. The lowest BCUT2D eigenvalue weighted by molar-refractivity contribution is 0.220. The lowest BCUT2D eigenvalue weighted by Crippen LogP contribution is -2.29. The average molecular weight is 510 g/mol. The Kier molecular flexibility index (Phi) is 5.52. The fraction of sp³-hybridized carbons (Fsp3) is 0.214. The highest BCUT2D eigenvalue weighted by Crippen LogP contribution is 2.34. The highest BCUT2D eigenvalue weighted by atomic mass is 32.1. The summed E-state index contributed by atoms with van der Waals surface area (Å²) in [4.78, 5) is 20.7. The van der Waals surface area contributed by atoms with E-state index in [1.165, 1.54) is 25.3 Å². The number of rotatable bonds is 5. The third kappa shape index (κ3) is 4.10. The number of nitrogens with zero attached hydrogens (tertiary/aromatic N) is 5. The van der Waals surface area contributed by atoms with Crippen LogP contribution in [0.1, 0.15) is 24.8 Å². The summed E-state index contributed by atoms with van der Waals surface area (Å²) in [6, 6.07) is 11.5. The summed E-state index contributed by atoms with van der Waals surface area (Å²) in [5, 5.41) is 9.97. The first-order chi connectivity index (χ1) is 18.2. The van der Waals surface area contributed by atoms with E-state index in [2.05, 4.69) is 36.1 Å². The van der Waals surface area contributed by atoms with E-state index in [0.717, 1.165) is 57.9 Å². The second-order valence-corrected chi connectivity index (χ2v) is 10.4. The number of hydrogen-bond acceptors (Lipinski definition) is 6. The smallest absolute Gasteiger partial charge is 0.157 e. The Bertz CT molecular complexity index is 1710. The van der Waals surface area contributed by atoms with Crippen LogP contribution < -0.4 is 0 Å². The monoisotopic (exact) mass is 509 g/mol. The number of H-pyrrole nitrogens is 2. The summed E-state index contributed by atoms with van der Waals surface area (Å²) in [7, 11) is 0. The summed E-state index contributed by atoms with van der Waals surface area (Å²) in [6.07, 6.45) is 9.25. The van der Waals surface area contributed by atoms with Gasteiger partial charge in [-0.2, -0.15) is 5.10 Å². The molecule has 6 heterocycles. The molecule has 184 valence electrons. The molecule has 1 fully saturated rings. The van der Waals surface area contributed by atoms with Crippen LogP contribution in [0.4, 0.5) is 4.39 Å². The number of piperidine rings is 1. The number of aromatic nitrogens is 6. The predicted octanol–water partition coefficient (Wildman–Crippen LogP) is 6.42. The largest absolute Gasteiger partial charge is 0.337 e. The van der Waals surface area contributed by atoms with Gasteiger partial charge in [-0.25, -0.2) is 9.37 Å². The van der Waals surface area contributed by atoms with Crippen molar-refractivity contribution < 1.29 is 4.39 Å². The van der Waals surface area contributed by atoms with Gasteiger partial charge in [-0.05, 0) is 72.8 Å². The number of pyridine rings is 2. The van der Waals surface area contributed by atoms with E-state index in [0.29, 0.717) is 16.9 Å². The van der Waals surface area contributed by atoms with Crippen LogP contribution in [0, 0.1) is 5.82 Å². The van der Waals surface area contributed by atoms with Crippen molar-refractivity contribution in [3.05, 3.63) is 71.7 Å². The lowest BCUT2D eigenvalue weighted by Gasteiger charge is -2.26. The molecule has 1 aliphatic heterocycles. The summed E-state index contributed by atoms with van der Waals surface area (Å²) >= 11 is 1.62. The fourth-order valence-electron chi connectivity index (χ4n) is 5.18. The Hall–Kier alpha value is -3.95. The van der Waals surface area contributed by atoms with Crippen molar-refractivity contribution in [2.45, 2.75) is 25.8 Å². The zero-order valence-electron chi connectivity index (χ0n) is 20.0. The van der Waals surface area contributed by atoms with Gasteiger partial charge < -0.3 is 4.98 Å². The Morgan fingerprint density at radius 1 is 1.00 bits per heavy atom. The molecule has 7 nitrogen and oxygen atoms in total. The number of fused-ring (bicyclic) bond motifs is 2. The fourth-order valence-corrected chi connectivity index (χ4v) is 5.90. The van der Waals surface area contributed by atoms with Gasteiger partial charge >= 0.3 is 0 Å². The molecular weight excluding hydrogens is 485 g/mol. The summed E-state index contributed by atoms with van der Waals surface area (Å²) in [6.45, 7) is 3.09. The molecule has 1 aromatic carbocycles. The zero-order valence-corrected chi connectivity index (χ0v) is 20.9. The standard InChI is InChI=1S/C28H24FN7S/c29-21-13-18(19-11-17(14-30-15-19)16-36-8-2-1-3-9-36)12-20-24(21)34-35-25(20)28-32-22-6-7-31-27(26(22)33-28)23-5-4-10-37-23/h4-7,10-15H,1-3,8-9,16H2,(H,32,33)(H,34,35). The minimum absolute atomic E-state index is 0.285. The van der Waals surface area contributed by atoms with Gasteiger partial charge in [0, 0.05) is 36.1 Å². The molecule has 0 spiro atoms. The molecule has 5 aromatic heterocycles. The van der Waals surface area contributed by atoms with E-state index in [1.54, 1.807) is 23.7 Å². The van der Waals surface area contributed by atoms with Crippen molar-refractivity contribution in [3.63, 3.8) is 0 Å². The summed E-state index contributed by atoms with van der Waals surface area (Å²) in [5.41, 5.74) is 6.17. The molecule has 0 bridgehead atoms. The molecule has 0 aliphatic carbocycles. The number of nitrogens with one attached hydrogen (secondary N) is 2. The first kappa shape index (κ1) is 22.3. The molecule has 37 heavy (non-hydrogen) atoms. The molecule has 1 saturated heterocycles. The third-order valence-electron chi connectivity index (χ3n) is 6.99. The van der Waals surface area contributed by atoms with Gasteiger partial charge in [0.2, 0.25) is 0 Å². The molecule has 1 aliphatic rings. The summed E-state index contributed by atoms with van der Waals surface area (Å²) < 4.78 is 15.2. The first-order valence-electron chi connectivity index (χ1n) is 12.5. The van der Waals surface area contributed by atoms with Crippen LogP contribution in [0.15, 0.2) is 60.4 Å². The van der Waals surface area contributed by atoms with E-state index >= 15 is 4.39 Å². The van der Waals surface area contributed by atoms with Gasteiger partial charge in [0.25, 0.3) is 0 Å². The van der Waals surface area contributed by atoms with Gasteiger partial charge in [-0.3, -0.25) is 20.0 Å². The second kappa shape index (κ2) is 9.17. The third-order valence-corrected chi connectivity index (χ3v) is 7.86. The van der Waals surface area contributed by atoms with Gasteiger partial charge in [-0.1, -0.05) is 12.5 Å². The van der Waals surface area contributed by atoms with Gasteiger partial charge in [0.05, 0.1) is 10.4 Å². The number of imidazole rings is 1. The lowest BCUT2D eigenvalue weighted by atomic mass is 10.0. The van der Waals surface area contributed by atoms with E-state index < -0.39 is 0 Å². The molecule has 0 radical (unpaired) electrons. The normalized spacial score (nSPS) is 14.6. The Morgan fingerprint density at radius 2 is 1.92 bits per heavy atom. The van der Waals surface area contributed by atoms with E-state index in [1.807, 2.05) is 35.8 Å². The maximum Gasteiger partial charge on any atom is 0.157 e. The topological polar surface area (TPSA) is 86.4 Å². The van der Waals surface area contributed by atoms with Crippen LogP contribution in [-0.4, -0.2) is 48.1 Å². The number of thiophene rings is 1. The number of hydrogen-bond donors (Lipinski definition) is 2. The molecule has 0 atom stereocenters. The Labute approximate surface area is 216 Å². The molecular formula is C28H24FN7S. The maximum atomic E-state index is 15.2. The number of benzene rings is 1. The average Bonchev–Trinajstić information content (AvgIpc) is 3.69. The van der Waals surface area contributed by atoms with Crippen molar-refractivity contribution in [3.8, 4) is 33.2 Å². The van der Waals surface area contributed by atoms with Crippen LogP contribution in [0.3, 0.4) is 0 Å². The molecule has 0 saturated carbocycles. The molecule has 0 amide bonds. The zero-order chi connectivity index (χ0) is 24.8. The Balaban J connectivity index is 1.29. The molecule has 6 aromatic rings. The Morgan fingerprint density at radius 3 is 2.78 bits per heavy atom. The van der Waals surface area contributed by atoms with E-state index in [-0.39, 0.29) is 11.3 Å². The van der Waals surface area contributed by atoms with Gasteiger partial charge in [0.15, 0.2) is 11.6 Å². The van der Waals surface area contributed by atoms with Crippen molar-refractivity contribution >= 4 is 33.3 Å². The number of likely N-dealkylation sites (tertiary alicyclic amines) is 1. The van der Waals surface area contributed by atoms with Crippen molar-refractivity contribution in [2.24, 2.45) is 0 Å². The highest BCUT2D eigenvalue weighted by Gasteiger charge is 2.19. The molecule has 0 unspecified atom stereocenters. The van der Waals surface area contributed by atoms with Gasteiger partial charge in [0.1, 0.15) is 22.4 Å². The quantitative estimate of drug-likeness (QED) is 0.280. The first-order valence-corrected chi connectivity index (χ1v) is 13.3. The van der Waals surface area contributed by atoms with Gasteiger partial charge in [-0.15, -0.1) is 11.3 Å². The molecule has 2 N–H and O–H groups in total. The maximum absolute atomic E-state index is 15.2. The van der Waals surface area contributed by atoms with Crippen LogP contribution in [0.2, 0.25) is 0 Å². The van der Waals surface area contributed by atoms with Crippen LogP contribution >= 0.6 is 11.3 Å². The number of aromatic amines is 2. The van der Waals surface area contributed by atoms with Crippen molar-refractivity contribution in [1.29, 1.82) is 0 Å². The summed E-state index contributed by atoms with van der Waals surface area (Å²) in [5.74, 6) is 0.213.